The molecule has 0 fully saturated rings. The summed E-state index contributed by atoms with van der Waals surface area (Å²) in [6.45, 7) is 1.85. The van der Waals surface area contributed by atoms with Gasteiger partial charge in [-0.1, -0.05) is 7.60 Å². The van der Waals surface area contributed by atoms with Crippen LogP contribution >= 0.6 is 19.4 Å². The summed E-state index contributed by atoms with van der Waals surface area (Å²) in [5.74, 6) is 0.413. The van der Waals surface area contributed by atoms with Crippen molar-refractivity contribution in [2.24, 2.45) is 0 Å². The molecule has 6 nitrogen and oxygen atoms in total. The van der Waals surface area contributed by atoms with Crippen molar-refractivity contribution in [3.8, 4) is 0 Å². The van der Waals surface area contributed by atoms with Gasteiger partial charge < -0.3 is 14.4 Å². The maximum atomic E-state index is 10.5. The Morgan fingerprint density at radius 2 is 2.29 bits per heavy atom. The quantitative estimate of drug-likeness (QED) is 0.734. The van der Waals surface area contributed by atoms with Crippen molar-refractivity contribution in [3.05, 3.63) is 29.7 Å². The van der Waals surface area contributed by atoms with Gasteiger partial charge in [0.05, 0.1) is 11.9 Å². The number of aryl methyl sites for hydroxylation is 1. The second-order valence-corrected chi connectivity index (χ2v) is 6.53. The molecule has 0 radical (unpaired) electrons. The predicted octanol–water partition coefficient (Wildman–Crippen LogP) is 0.142. The van der Waals surface area contributed by atoms with Crippen molar-refractivity contribution >= 4 is 25.0 Å². The van der Waals surface area contributed by atoms with Crippen LogP contribution in [-0.4, -0.2) is 20.1 Å². The third-order valence-corrected chi connectivity index (χ3v) is 4.56. The van der Waals surface area contributed by atoms with E-state index >= 15 is 0 Å². The van der Waals surface area contributed by atoms with Gasteiger partial charge in [0.1, 0.15) is 0 Å². The van der Waals surface area contributed by atoms with Crippen LogP contribution in [0.15, 0.2) is 18.3 Å². The van der Waals surface area contributed by atoms with Crippen LogP contribution in [0.4, 0.5) is 0 Å². The van der Waals surface area contributed by atoms with Crippen LogP contribution in [-0.2, 0) is 10.3 Å². The number of nitrogens with zero attached hydrogens (tertiary/aromatic N) is 3. The first-order valence-corrected chi connectivity index (χ1v) is 7.73. The maximum absolute atomic E-state index is 10.5. The zero-order valence-electron chi connectivity index (χ0n) is 9.07. The number of fused-ring (bicyclic) bond motifs is 1. The molecule has 2 aromatic heterocycles. The largest absolute Gasteiger partial charge is 0.810 e. The molecule has 0 saturated carbocycles. The van der Waals surface area contributed by atoms with E-state index in [4.69, 9.17) is 0 Å². The summed E-state index contributed by atoms with van der Waals surface area (Å²) < 4.78 is 12.2. The van der Waals surface area contributed by atoms with Crippen molar-refractivity contribution in [1.82, 2.24) is 14.6 Å². The molecule has 0 aliphatic rings. The van der Waals surface area contributed by atoms with Crippen LogP contribution in [0.2, 0.25) is 0 Å². The molecule has 0 amide bonds. The average Bonchev–Trinajstić information content (AvgIpc) is 2.63. The van der Waals surface area contributed by atoms with E-state index in [1.54, 1.807) is 16.8 Å². The molecular formula is C9H10N3O3PS-2. The summed E-state index contributed by atoms with van der Waals surface area (Å²) in [5, 5.41) is 4.09. The Balaban J connectivity index is 2.18. The standard InChI is InChI=1S/C9H12N3O3PS/c1-7-4-8(5-17-6-16(13,14)15)12-9(11-7)2-3-10-12/h2-4H,5-6H2,1H3,(H2,13,14,15)/p-2. The summed E-state index contributed by atoms with van der Waals surface area (Å²) in [4.78, 5) is 25.3. The summed E-state index contributed by atoms with van der Waals surface area (Å²) in [6.07, 6.45) is 1.63. The highest BCUT2D eigenvalue weighted by Gasteiger charge is 2.04. The van der Waals surface area contributed by atoms with Crippen molar-refractivity contribution < 1.29 is 14.4 Å². The van der Waals surface area contributed by atoms with Gasteiger partial charge in [-0.15, -0.1) is 0 Å². The lowest BCUT2D eigenvalue weighted by Crippen LogP contribution is -2.15. The fourth-order valence-corrected chi connectivity index (χ4v) is 3.16. The molecule has 0 atom stereocenters. The number of hydrogen-bond acceptors (Lipinski definition) is 6. The van der Waals surface area contributed by atoms with Gasteiger partial charge in [-0.05, 0) is 13.0 Å². The van der Waals surface area contributed by atoms with Crippen LogP contribution in [0.3, 0.4) is 0 Å². The van der Waals surface area contributed by atoms with Gasteiger partial charge in [-0.2, -0.15) is 16.9 Å². The molecule has 2 heterocycles. The number of thioether (sulfide) groups is 1. The van der Waals surface area contributed by atoms with Crippen molar-refractivity contribution in [2.45, 2.75) is 12.7 Å². The van der Waals surface area contributed by atoms with Crippen LogP contribution in [0.5, 0.6) is 0 Å². The Labute approximate surface area is 102 Å². The monoisotopic (exact) mass is 271 g/mol. The van der Waals surface area contributed by atoms with Gasteiger partial charge in [-0.3, -0.25) is 0 Å². The first kappa shape index (κ1) is 12.6. The first-order chi connectivity index (χ1) is 7.96. The number of hydrogen-bond donors (Lipinski definition) is 0. The van der Waals surface area contributed by atoms with Gasteiger partial charge >= 0.3 is 0 Å². The Bertz CT molecular complexity index is 580. The molecule has 17 heavy (non-hydrogen) atoms. The lowest BCUT2D eigenvalue weighted by Gasteiger charge is -2.28. The lowest BCUT2D eigenvalue weighted by molar-refractivity contribution is -0.311. The Hall–Kier alpha value is -0.880. The van der Waals surface area contributed by atoms with Crippen LogP contribution in [0.1, 0.15) is 11.4 Å². The highest BCUT2D eigenvalue weighted by Crippen LogP contribution is 2.30. The Morgan fingerprint density at radius 3 is 3.00 bits per heavy atom. The summed E-state index contributed by atoms with van der Waals surface area (Å²) in [5.41, 5.74) is 1.97. The van der Waals surface area contributed by atoms with Gasteiger partial charge in [0.15, 0.2) is 5.65 Å². The minimum atomic E-state index is -4.44. The van der Waals surface area contributed by atoms with Crippen molar-refractivity contribution in [1.29, 1.82) is 0 Å². The Kier molecular flexibility index (Phi) is 3.53. The van der Waals surface area contributed by atoms with Gasteiger partial charge in [0.25, 0.3) is 0 Å². The van der Waals surface area contributed by atoms with E-state index in [1.807, 2.05) is 13.0 Å². The normalized spacial score (nSPS) is 12.2. The molecule has 0 N–H and O–H groups in total. The minimum Gasteiger partial charge on any atom is -0.810 e. The van der Waals surface area contributed by atoms with E-state index < -0.39 is 13.1 Å². The molecule has 0 aromatic carbocycles. The zero-order valence-corrected chi connectivity index (χ0v) is 10.8. The second kappa shape index (κ2) is 4.78. The molecule has 0 saturated heterocycles. The van der Waals surface area contributed by atoms with Gasteiger partial charge in [0, 0.05) is 23.0 Å². The molecule has 0 aliphatic carbocycles. The minimum absolute atomic E-state index is 0.406. The molecular weight excluding hydrogens is 261 g/mol. The van der Waals surface area contributed by atoms with Crippen LogP contribution in [0.25, 0.3) is 5.65 Å². The average molecular weight is 271 g/mol. The molecule has 92 valence electrons. The van der Waals surface area contributed by atoms with E-state index in [1.165, 1.54) is 0 Å². The fourth-order valence-electron chi connectivity index (χ4n) is 1.48. The number of rotatable bonds is 4. The van der Waals surface area contributed by atoms with E-state index in [0.717, 1.165) is 23.1 Å². The molecule has 8 heteroatoms. The van der Waals surface area contributed by atoms with Crippen LogP contribution < -0.4 is 9.79 Å². The molecule has 2 aromatic rings. The summed E-state index contributed by atoms with van der Waals surface area (Å²) in [7, 11) is -4.44. The number of aromatic nitrogens is 3. The van der Waals surface area contributed by atoms with Gasteiger partial charge in [0.2, 0.25) is 0 Å². The SMILES string of the molecule is Cc1cc(CSCP(=O)([O-])[O-])n2nccc2n1. The maximum Gasteiger partial charge on any atom is 0.155 e. The predicted molar refractivity (Wildman–Crippen MR) is 61.5 cm³/mol. The zero-order chi connectivity index (χ0) is 12.5. The fraction of sp³-hybridized carbons (Fsp3) is 0.333. The van der Waals surface area contributed by atoms with E-state index in [2.05, 4.69) is 10.1 Å². The highest BCUT2D eigenvalue weighted by atomic mass is 32.2. The molecule has 0 bridgehead atoms. The van der Waals surface area contributed by atoms with E-state index in [9.17, 15) is 14.4 Å². The lowest BCUT2D eigenvalue weighted by atomic mass is 10.3. The smallest absolute Gasteiger partial charge is 0.155 e. The molecule has 0 aliphatic heterocycles. The highest BCUT2D eigenvalue weighted by molar-refractivity contribution is 8.03. The molecule has 0 unspecified atom stereocenters. The first-order valence-electron chi connectivity index (χ1n) is 4.85. The Morgan fingerprint density at radius 1 is 1.53 bits per heavy atom. The third-order valence-electron chi connectivity index (χ3n) is 2.06. The van der Waals surface area contributed by atoms with Crippen LogP contribution in [0, 0.1) is 6.92 Å². The topological polar surface area (TPSA) is 93.4 Å². The summed E-state index contributed by atoms with van der Waals surface area (Å²) >= 11 is 1.06. The van der Waals surface area contributed by atoms with E-state index in [0.29, 0.717) is 11.4 Å². The second-order valence-electron chi connectivity index (χ2n) is 3.58. The summed E-state index contributed by atoms with van der Waals surface area (Å²) in [6, 6.07) is 3.60. The van der Waals surface area contributed by atoms with Gasteiger partial charge in [-0.25, -0.2) is 9.50 Å². The molecule has 0 spiro atoms. The van der Waals surface area contributed by atoms with Crippen molar-refractivity contribution in [2.75, 3.05) is 5.49 Å². The third kappa shape index (κ3) is 3.29. The van der Waals surface area contributed by atoms with E-state index in [-0.39, 0.29) is 0 Å². The molecule has 2 rings (SSSR count). The van der Waals surface area contributed by atoms with Crippen molar-refractivity contribution in [3.63, 3.8) is 0 Å².